The van der Waals surface area contributed by atoms with Crippen LogP contribution >= 0.6 is 0 Å². The van der Waals surface area contributed by atoms with Crippen LogP contribution < -0.4 is 11.1 Å². The lowest BCUT2D eigenvalue weighted by molar-refractivity contribution is -0.130. The molecule has 7 nitrogen and oxygen atoms in total. The van der Waals surface area contributed by atoms with Crippen LogP contribution in [0.15, 0.2) is 30.3 Å². The summed E-state index contributed by atoms with van der Waals surface area (Å²) in [6, 6.07) is 10.6. The number of nitrogens with one attached hydrogen (secondary N) is 1. The lowest BCUT2D eigenvalue weighted by Gasteiger charge is -2.28. The van der Waals surface area contributed by atoms with Crippen LogP contribution in [0.1, 0.15) is 59.9 Å². The third-order valence-electron chi connectivity index (χ3n) is 5.52. The summed E-state index contributed by atoms with van der Waals surface area (Å²) in [6.07, 6.45) is 3.79. The van der Waals surface area contributed by atoms with Crippen molar-refractivity contribution in [1.29, 1.82) is 0 Å². The molecule has 0 bridgehead atoms. The van der Waals surface area contributed by atoms with Crippen LogP contribution in [0.4, 0.5) is 0 Å². The van der Waals surface area contributed by atoms with E-state index in [1.54, 1.807) is 6.92 Å². The van der Waals surface area contributed by atoms with E-state index in [-0.39, 0.29) is 30.4 Å². The van der Waals surface area contributed by atoms with E-state index in [1.807, 2.05) is 48.8 Å². The minimum Gasteiger partial charge on any atom is -0.352 e. The zero-order chi connectivity index (χ0) is 24.5. The second kappa shape index (κ2) is 17.2. The van der Waals surface area contributed by atoms with Crippen LogP contribution in [-0.4, -0.2) is 66.3 Å². The van der Waals surface area contributed by atoms with Gasteiger partial charge in [-0.3, -0.25) is 14.4 Å². The van der Waals surface area contributed by atoms with Crippen LogP contribution in [0.2, 0.25) is 0 Å². The number of benzene rings is 1. The molecule has 1 saturated heterocycles. The molecule has 1 fully saturated rings. The van der Waals surface area contributed by atoms with E-state index in [0.29, 0.717) is 19.0 Å². The summed E-state index contributed by atoms with van der Waals surface area (Å²) >= 11 is 0. The van der Waals surface area contributed by atoms with E-state index in [9.17, 15) is 14.4 Å². The fourth-order valence-corrected chi connectivity index (χ4v) is 3.21. The molecule has 3 amide bonds. The van der Waals surface area contributed by atoms with Crippen molar-refractivity contribution < 1.29 is 14.4 Å². The van der Waals surface area contributed by atoms with Gasteiger partial charge in [-0.25, -0.2) is 0 Å². The molecule has 1 aromatic carbocycles. The first-order valence-corrected chi connectivity index (χ1v) is 11.8. The zero-order valence-electron chi connectivity index (χ0n) is 20.8. The number of nitrogens with two attached hydrogens (primary N) is 1. The SMILES string of the molecule is CC.CC(=O)N(CCc1ccccc1)CC1CCCN1C=O.CC(C)C(C)NC(=O)CN. The topological polar surface area (TPSA) is 95.7 Å². The van der Waals surface area contributed by atoms with Gasteiger partial charge in [0.2, 0.25) is 18.2 Å². The molecule has 1 aliphatic heterocycles. The van der Waals surface area contributed by atoms with Gasteiger partial charge in [-0.1, -0.05) is 58.0 Å². The molecule has 2 unspecified atom stereocenters. The Morgan fingerprint density at radius 3 is 2.34 bits per heavy atom. The summed E-state index contributed by atoms with van der Waals surface area (Å²) < 4.78 is 0. The lowest BCUT2D eigenvalue weighted by Crippen LogP contribution is -2.42. The molecule has 2 atom stereocenters. The maximum atomic E-state index is 11.8. The summed E-state index contributed by atoms with van der Waals surface area (Å²) in [6.45, 7) is 13.9. The number of hydrogen-bond acceptors (Lipinski definition) is 4. The average molecular weight is 449 g/mol. The normalized spacial score (nSPS) is 15.6. The van der Waals surface area contributed by atoms with Gasteiger partial charge in [0.1, 0.15) is 0 Å². The van der Waals surface area contributed by atoms with E-state index in [1.165, 1.54) is 5.56 Å². The lowest BCUT2D eigenvalue weighted by atomic mass is 10.1. The Morgan fingerprint density at radius 1 is 1.22 bits per heavy atom. The van der Waals surface area contributed by atoms with Gasteiger partial charge in [-0.15, -0.1) is 0 Å². The Hall–Kier alpha value is -2.41. The number of rotatable bonds is 9. The Morgan fingerprint density at radius 2 is 1.84 bits per heavy atom. The van der Waals surface area contributed by atoms with Gasteiger partial charge in [-0.05, 0) is 37.7 Å². The number of carbonyl (C=O) groups excluding carboxylic acids is 3. The van der Waals surface area contributed by atoms with Crippen molar-refractivity contribution in [3.63, 3.8) is 0 Å². The minimum atomic E-state index is -0.0822. The van der Waals surface area contributed by atoms with Crippen LogP contribution in [-0.2, 0) is 20.8 Å². The summed E-state index contributed by atoms with van der Waals surface area (Å²) in [5.41, 5.74) is 6.34. The second-order valence-corrected chi connectivity index (χ2v) is 8.14. The van der Waals surface area contributed by atoms with E-state index < -0.39 is 0 Å². The van der Waals surface area contributed by atoms with Gasteiger partial charge >= 0.3 is 0 Å². The molecular weight excluding hydrogens is 404 g/mol. The summed E-state index contributed by atoms with van der Waals surface area (Å²) in [7, 11) is 0. The van der Waals surface area contributed by atoms with Crippen LogP contribution in [0.3, 0.4) is 0 Å². The van der Waals surface area contributed by atoms with Crippen molar-refractivity contribution >= 4 is 18.2 Å². The number of nitrogens with zero attached hydrogens (tertiary/aromatic N) is 2. The standard InChI is InChI=1S/C16H22N2O2.C7H16N2O.C2H6/c1-14(20)17(11-9-15-6-3-2-4-7-15)12-16-8-5-10-18(16)13-19;1-5(2)6(3)9-7(10)4-8;1-2/h2-4,6-7,13,16H,5,8-12H2,1H3;5-6H,4,8H2,1-3H3,(H,9,10);1-2H3. The first kappa shape index (κ1) is 29.6. The van der Waals surface area contributed by atoms with Crippen LogP contribution in [0, 0.1) is 5.92 Å². The molecule has 1 aromatic rings. The fourth-order valence-electron chi connectivity index (χ4n) is 3.21. The monoisotopic (exact) mass is 448 g/mol. The van der Waals surface area contributed by atoms with E-state index >= 15 is 0 Å². The molecule has 32 heavy (non-hydrogen) atoms. The van der Waals surface area contributed by atoms with Crippen molar-refractivity contribution in [3.05, 3.63) is 35.9 Å². The van der Waals surface area contributed by atoms with Gasteiger partial charge < -0.3 is 20.9 Å². The molecule has 2 rings (SSSR count). The van der Waals surface area contributed by atoms with Crippen molar-refractivity contribution in [2.45, 2.75) is 72.9 Å². The Labute approximate surface area is 194 Å². The highest BCUT2D eigenvalue weighted by atomic mass is 16.2. The molecule has 182 valence electrons. The number of hydrogen-bond donors (Lipinski definition) is 2. The van der Waals surface area contributed by atoms with E-state index in [0.717, 1.165) is 32.2 Å². The predicted octanol–water partition coefficient (Wildman–Crippen LogP) is 2.83. The van der Waals surface area contributed by atoms with Crippen molar-refractivity contribution in [1.82, 2.24) is 15.1 Å². The van der Waals surface area contributed by atoms with Gasteiger partial charge in [0, 0.05) is 38.6 Å². The summed E-state index contributed by atoms with van der Waals surface area (Å²) in [5.74, 6) is 0.468. The quantitative estimate of drug-likeness (QED) is 0.568. The molecule has 0 spiro atoms. The second-order valence-electron chi connectivity index (χ2n) is 8.14. The number of amides is 3. The van der Waals surface area contributed by atoms with E-state index in [2.05, 4.69) is 31.3 Å². The molecule has 0 saturated carbocycles. The highest BCUT2D eigenvalue weighted by molar-refractivity contribution is 5.78. The number of likely N-dealkylation sites (tertiary alicyclic amines) is 1. The Kier molecular flexibility index (Phi) is 15.9. The molecule has 0 aliphatic carbocycles. The van der Waals surface area contributed by atoms with Crippen molar-refractivity contribution in [2.24, 2.45) is 11.7 Å². The van der Waals surface area contributed by atoms with Gasteiger partial charge in [0.05, 0.1) is 6.54 Å². The molecule has 1 aliphatic rings. The molecule has 0 aromatic heterocycles. The highest BCUT2D eigenvalue weighted by Crippen LogP contribution is 2.16. The average Bonchev–Trinajstić information content (AvgIpc) is 3.25. The smallest absolute Gasteiger partial charge is 0.233 e. The maximum Gasteiger partial charge on any atom is 0.233 e. The maximum absolute atomic E-state index is 11.8. The summed E-state index contributed by atoms with van der Waals surface area (Å²) in [4.78, 5) is 37.1. The van der Waals surface area contributed by atoms with Crippen LogP contribution in [0.5, 0.6) is 0 Å². The molecule has 1 heterocycles. The van der Waals surface area contributed by atoms with Crippen molar-refractivity contribution in [2.75, 3.05) is 26.2 Å². The molecule has 3 N–H and O–H groups in total. The summed E-state index contributed by atoms with van der Waals surface area (Å²) in [5, 5.41) is 2.77. The van der Waals surface area contributed by atoms with Gasteiger partial charge in [-0.2, -0.15) is 0 Å². The first-order valence-electron chi connectivity index (χ1n) is 11.8. The minimum absolute atomic E-state index is 0.0804. The van der Waals surface area contributed by atoms with E-state index in [4.69, 9.17) is 5.73 Å². The first-order chi connectivity index (χ1) is 15.3. The third kappa shape index (κ3) is 11.8. The zero-order valence-corrected chi connectivity index (χ0v) is 20.8. The number of carbonyl (C=O) groups is 3. The fraction of sp³-hybridized carbons (Fsp3) is 0.640. The van der Waals surface area contributed by atoms with Crippen LogP contribution in [0.25, 0.3) is 0 Å². The third-order valence-corrected chi connectivity index (χ3v) is 5.52. The molecular formula is C25H44N4O3. The molecule has 7 heteroatoms. The molecule has 0 radical (unpaired) electrons. The predicted molar refractivity (Wildman–Crippen MR) is 131 cm³/mol. The van der Waals surface area contributed by atoms with Gasteiger partial charge in [0.25, 0.3) is 0 Å². The Bertz CT molecular complexity index is 652. The van der Waals surface area contributed by atoms with Gasteiger partial charge in [0.15, 0.2) is 0 Å². The highest BCUT2D eigenvalue weighted by Gasteiger charge is 2.25. The largest absolute Gasteiger partial charge is 0.352 e. The Balaban J connectivity index is 0.000000680. The van der Waals surface area contributed by atoms with Crippen molar-refractivity contribution in [3.8, 4) is 0 Å².